The quantitative estimate of drug-likeness (QED) is 0.860. The van der Waals surface area contributed by atoms with Crippen molar-refractivity contribution in [2.75, 3.05) is 29.9 Å². The van der Waals surface area contributed by atoms with Crippen LogP contribution in [0.2, 0.25) is 0 Å². The van der Waals surface area contributed by atoms with Crippen LogP contribution in [0.4, 0.5) is 11.4 Å². The van der Waals surface area contributed by atoms with Crippen LogP contribution in [0.3, 0.4) is 0 Å². The highest BCUT2D eigenvalue weighted by molar-refractivity contribution is 7.92. The maximum atomic E-state index is 12.6. The molecule has 9 heteroatoms. The number of hydrogen-bond donors (Lipinski definition) is 2. The number of rotatable bonds is 3. The summed E-state index contributed by atoms with van der Waals surface area (Å²) in [6.07, 6.45) is 0. The molecule has 0 saturated carbocycles. The molecule has 25 heavy (non-hydrogen) atoms. The predicted octanol–water partition coefficient (Wildman–Crippen LogP) is 1.59. The van der Waals surface area contributed by atoms with Crippen molar-refractivity contribution in [2.24, 2.45) is 0 Å². The maximum Gasteiger partial charge on any atom is 0.262 e. The molecular formula is C16H14N2O6S. The van der Waals surface area contributed by atoms with E-state index in [9.17, 15) is 13.2 Å². The van der Waals surface area contributed by atoms with Crippen LogP contribution in [0.15, 0.2) is 41.3 Å². The predicted molar refractivity (Wildman–Crippen MR) is 88.8 cm³/mol. The van der Waals surface area contributed by atoms with Crippen molar-refractivity contribution in [3.63, 3.8) is 0 Å². The third kappa shape index (κ3) is 3.05. The van der Waals surface area contributed by atoms with Crippen LogP contribution in [0.5, 0.6) is 17.2 Å². The van der Waals surface area contributed by atoms with E-state index in [4.69, 9.17) is 14.2 Å². The lowest BCUT2D eigenvalue weighted by molar-refractivity contribution is -0.118. The second-order valence-corrected chi connectivity index (χ2v) is 7.14. The summed E-state index contributed by atoms with van der Waals surface area (Å²) in [4.78, 5) is 11.4. The van der Waals surface area contributed by atoms with Gasteiger partial charge in [-0.2, -0.15) is 0 Å². The molecule has 2 heterocycles. The minimum Gasteiger partial charge on any atom is -0.486 e. The molecule has 1 amide bonds. The van der Waals surface area contributed by atoms with Gasteiger partial charge in [0, 0.05) is 6.07 Å². The third-order valence-electron chi connectivity index (χ3n) is 3.69. The van der Waals surface area contributed by atoms with Crippen LogP contribution in [0.25, 0.3) is 0 Å². The molecule has 0 atom stereocenters. The highest BCUT2D eigenvalue weighted by Crippen LogP contribution is 2.34. The molecule has 0 bridgehead atoms. The fraction of sp³-hybridized carbons (Fsp3) is 0.188. The molecule has 2 aliphatic rings. The van der Waals surface area contributed by atoms with Gasteiger partial charge in [-0.15, -0.1) is 0 Å². The second kappa shape index (κ2) is 5.85. The van der Waals surface area contributed by atoms with Crippen LogP contribution in [0.1, 0.15) is 0 Å². The standard InChI is InChI=1S/C16H14N2O6S/c19-16-9-24-13-4-2-11(8-12(13)17-16)25(20,21)18-10-1-3-14-15(7-10)23-6-5-22-14/h1-4,7-8,18H,5-6,9H2,(H,17,19). The third-order valence-corrected chi connectivity index (χ3v) is 5.07. The van der Waals surface area contributed by atoms with Crippen LogP contribution >= 0.6 is 0 Å². The number of ether oxygens (including phenoxy) is 3. The normalized spacial score (nSPS) is 15.6. The van der Waals surface area contributed by atoms with Crippen molar-refractivity contribution in [1.29, 1.82) is 0 Å². The average Bonchev–Trinajstić information content (AvgIpc) is 2.60. The zero-order chi connectivity index (χ0) is 17.4. The Labute approximate surface area is 143 Å². The monoisotopic (exact) mass is 362 g/mol. The van der Waals surface area contributed by atoms with Gasteiger partial charge in [0.05, 0.1) is 16.3 Å². The van der Waals surface area contributed by atoms with Gasteiger partial charge in [0.1, 0.15) is 19.0 Å². The first-order valence-electron chi connectivity index (χ1n) is 7.50. The van der Waals surface area contributed by atoms with E-state index in [2.05, 4.69) is 10.0 Å². The molecule has 0 aromatic heterocycles. The molecule has 0 radical (unpaired) electrons. The van der Waals surface area contributed by atoms with Crippen LogP contribution in [-0.4, -0.2) is 34.1 Å². The first-order valence-corrected chi connectivity index (χ1v) is 8.99. The molecular weight excluding hydrogens is 348 g/mol. The summed E-state index contributed by atoms with van der Waals surface area (Å²) in [5, 5.41) is 2.58. The van der Waals surface area contributed by atoms with Gasteiger partial charge >= 0.3 is 0 Å². The van der Waals surface area contributed by atoms with Crippen molar-refractivity contribution in [3.05, 3.63) is 36.4 Å². The number of sulfonamides is 1. The SMILES string of the molecule is O=C1COc2ccc(S(=O)(=O)Nc3ccc4c(c3)OCCO4)cc2N1. The smallest absolute Gasteiger partial charge is 0.262 e. The summed E-state index contributed by atoms with van der Waals surface area (Å²) in [5.41, 5.74) is 0.670. The van der Waals surface area contributed by atoms with E-state index in [0.717, 1.165) is 0 Å². The maximum absolute atomic E-state index is 12.6. The van der Waals surface area contributed by atoms with Crippen molar-refractivity contribution in [1.82, 2.24) is 0 Å². The Kier molecular flexibility index (Phi) is 3.65. The van der Waals surface area contributed by atoms with Crippen LogP contribution in [-0.2, 0) is 14.8 Å². The molecule has 8 nitrogen and oxygen atoms in total. The summed E-state index contributed by atoms with van der Waals surface area (Å²) in [6, 6.07) is 9.08. The number of carbonyl (C=O) groups is 1. The Hall–Kier alpha value is -2.94. The zero-order valence-corrected chi connectivity index (χ0v) is 13.8. The Morgan fingerprint density at radius 1 is 0.920 bits per heavy atom. The summed E-state index contributed by atoms with van der Waals surface area (Å²) < 4.78 is 43.8. The molecule has 2 aromatic carbocycles. The first-order chi connectivity index (χ1) is 12.0. The largest absolute Gasteiger partial charge is 0.486 e. The number of benzene rings is 2. The van der Waals surface area contributed by atoms with E-state index in [1.807, 2.05) is 0 Å². The highest BCUT2D eigenvalue weighted by atomic mass is 32.2. The van der Waals surface area contributed by atoms with Crippen LogP contribution < -0.4 is 24.2 Å². The van der Waals surface area contributed by atoms with Crippen molar-refractivity contribution in [2.45, 2.75) is 4.90 Å². The van der Waals surface area contributed by atoms with Crippen molar-refractivity contribution >= 4 is 27.3 Å². The van der Waals surface area contributed by atoms with Crippen molar-refractivity contribution < 1.29 is 27.4 Å². The second-order valence-electron chi connectivity index (χ2n) is 5.46. The van der Waals surface area contributed by atoms with Gasteiger partial charge < -0.3 is 19.5 Å². The highest BCUT2D eigenvalue weighted by Gasteiger charge is 2.22. The summed E-state index contributed by atoms with van der Waals surface area (Å²) in [7, 11) is -3.84. The van der Waals surface area contributed by atoms with Gasteiger partial charge in [0.25, 0.3) is 15.9 Å². The van der Waals surface area contributed by atoms with Gasteiger partial charge in [0.2, 0.25) is 0 Å². The van der Waals surface area contributed by atoms with E-state index >= 15 is 0 Å². The minimum absolute atomic E-state index is 0.00643. The van der Waals surface area contributed by atoms with E-state index in [0.29, 0.717) is 41.8 Å². The van der Waals surface area contributed by atoms with E-state index in [1.165, 1.54) is 18.2 Å². The van der Waals surface area contributed by atoms with Gasteiger partial charge in [0.15, 0.2) is 18.1 Å². The van der Waals surface area contributed by atoms with Gasteiger partial charge in [-0.25, -0.2) is 8.42 Å². The number of fused-ring (bicyclic) bond motifs is 2. The number of carbonyl (C=O) groups excluding carboxylic acids is 1. The molecule has 2 aromatic rings. The number of nitrogens with one attached hydrogen (secondary N) is 2. The molecule has 0 fully saturated rings. The fourth-order valence-electron chi connectivity index (χ4n) is 2.55. The summed E-state index contributed by atoms with van der Waals surface area (Å²) in [6.45, 7) is 0.781. The lowest BCUT2D eigenvalue weighted by atomic mass is 10.2. The molecule has 2 N–H and O–H groups in total. The Morgan fingerprint density at radius 2 is 1.68 bits per heavy atom. The molecule has 0 spiro atoms. The lowest BCUT2D eigenvalue weighted by Crippen LogP contribution is -2.25. The van der Waals surface area contributed by atoms with E-state index < -0.39 is 10.0 Å². The molecule has 0 aliphatic carbocycles. The number of anilines is 2. The molecule has 0 unspecified atom stereocenters. The van der Waals surface area contributed by atoms with Gasteiger partial charge in [-0.3, -0.25) is 9.52 Å². The Balaban J connectivity index is 1.62. The first kappa shape index (κ1) is 15.6. The van der Waals surface area contributed by atoms with E-state index in [1.54, 1.807) is 18.2 Å². The minimum atomic E-state index is -3.84. The molecule has 4 rings (SSSR count). The van der Waals surface area contributed by atoms with Crippen LogP contribution in [0, 0.1) is 0 Å². The molecule has 2 aliphatic heterocycles. The fourth-order valence-corrected chi connectivity index (χ4v) is 3.63. The lowest BCUT2D eigenvalue weighted by Gasteiger charge is -2.20. The van der Waals surface area contributed by atoms with Gasteiger partial charge in [-0.05, 0) is 30.3 Å². The average molecular weight is 362 g/mol. The zero-order valence-electron chi connectivity index (χ0n) is 12.9. The molecule has 130 valence electrons. The van der Waals surface area contributed by atoms with Gasteiger partial charge in [-0.1, -0.05) is 0 Å². The Bertz CT molecular complexity index is 957. The van der Waals surface area contributed by atoms with E-state index in [-0.39, 0.29) is 17.4 Å². The summed E-state index contributed by atoms with van der Waals surface area (Å²) in [5.74, 6) is 1.15. The Morgan fingerprint density at radius 3 is 2.52 bits per heavy atom. The molecule has 0 saturated heterocycles. The number of amides is 1. The van der Waals surface area contributed by atoms with Crippen molar-refractivity contribution in [3.8, 4) is 17.2 Å². The topological polar surface area (TPSA) is 103 Å². The number of hydrogen-bond acceptors (Lipinski definition) is 6. The summed E-state index contributed by atoms with van der Waals surface area (Å²) >= 11 is 0.